The molecule has 0 radical (unpaired) electrons. The van der Waals surface area contributed by atoms with Crippen molar-refractivity contribution >= 4 is 12.4 Å². The highest BCUT2D eigenvalue weighted by Gasteiger charge is 2.25. The normalized spacial score (nSPS) is 18.7. The molecule has 1 atom stereocenters. The fourth-order valence-corrected chi connectivity index (χ4v) is 2.69. The van der Waals surface area contributed by atoms with Gasteiger partial charge in [0.2, 0.25) is 0 Å². The molecule has 1 saturated heterocycles. The summed E-state index contributed by atoms with van der Waals surface area (Å²) in [4.78, 5) is 2.46. The number of nitrogens with one attached hydrogen (secondary N) is 1. The van der Waals surface area contributed by atoms with E-state index in [-0.39, 0.29) is 12.4 Å². The van der Waals surface area contributed by atoms with Crippen molar-refractivity contribution in [2.24, 2.45) is 0 Å². The highest BCUT2D eigenvalue weighted by Crippen LogP contribution is 2.29. The number of hydrogen-bond donors (Lipinski definition) is 1. The molecule has 6 heteroatoms. The van der Waals surface area contributed by atoms with Gasteiger partial charge in [0.1, 0.15) is 5.75 Å². The number of para-hydroxylation sites is 1. The zero-order chi connectivity index (χ0) is 14.9. The quantitative estimate of drug-likeness (QED) is 0.735. The monoisotopic (exact) mass is 330 g/mol. The van der Waals surface area contributed by atoms with Gasteiger partial charge in [-0.25, -0.2) is 0 Å². The van der Waals surface area contributed by atoms with Gasteiger partial charge in [0.15, 0.2) is 0 Å². The maximum absolute atomic E-state index is 5.60. The second-order valence-corrected chi connectivity index (χ2v) is 5.10. The molecule has 2 rings (SSSR count). The molecule has 0 bridgehead atoms. The summed E-state index contributed by atoms with van der Waals surface area (Å²) in [7, 11) is 3.42. The SMILES string of the molecule is COCCOCCN1CCNCC1c1ccccc1OC.Cl. The lowest BCUT2D eigenvalue weighted by Gasteiger charge is -2.37. The van der Waals surface area contributed by atoms with Crippen LogP contribution in [0.5, 0.6) is 5.75 Å². The zero-order valence-corrected chi connectivity index (χ0v) is 14.2. The molecule has 1 N–H and O–H groups in total. The van der Waals surface area contributed by atoms with Crippen LogP contribution in [-0.2, 0) is 9.47 Å². The summed E-state index contributed by atoms with van der Waals surface area (Å²) in [6.45, 7) is 5.95. The van der Waals surface area contributed by atoms with Gasteiger partial charge < -0.3 is 19.5 Å². The molecule has 0 aliphatic carbocycles. The fourth-order valence-electron chi connectivity index (χ4n) is 2.69. The average Bonchev–Trinajstić information content (AvgIpc) is 2.55. The van der Waals surface area contributed by atoms with Crippen molar-refractivity contribution in [3.8, 4) is 5.75 Å². The summed E-state index contributed by atoms with van der Waals surface area (Å²) in [6.07, 6.45) is 0. The van der Waals surface area contributed by atoms with Crippen LogP contribution >= 0.6 is 12.4 Å². The van der Waals surface area contributed by atoms with E-state index >= 15 is 0 Å². The van der Waals surface area contributed by atoms with Gasteiger partial charge >= 0.3 is 0 Å². The number of nitrogens with zero attached hydrogens (tertiary/aromatic N) is 1. The van der Waals surface area contributed by atoms with Crippen LogP contribution in [0.15, 0.2) is 24.3 Å². The summed E-state index contributed by atoms with van der Waals surface area (Å²) in [5.41, 5.74) is 1.24. The predicted octanol–water partition coefficient (Wildman–Crippen LogP) is 1.73. The van der Waals surface area contributed by atoms with Crippen molar-refractivity contribution < 1.29 is 14.2 Å². The molecule has 0 saturated carbocycles. The fraction of sp³-hybridized carbons (Fsp3) is 0.625. The van der Waals surface area contributed by atoms with Crippen molar-refractivity contribution in [3.05, 3.63) is 29.8 Å². The first-order valence-electron chi connectivity index (χ1n) is 7.51. The lowest BCUT2D eigenvalue weighted by Crippen LogP contribution is -2.47. The van der Waals surface area contributed by atoms with Crippen molar-refractivity contribution in [1.82, 2.24) is 10.2 Å². The van der Waals surface area contributed by atoms with Crippen molar-refractivity contribution in [3.63, 3.8) is 0 Å². The van der Waals surface area contributed by atoms with E-state index in [2.05, 4.69) is 22.3 Å². The lowest BCUT2D eigenvalue weighted by atomic mass is 10.0. The van der Waals surface area contributed by atoms with Gasteiger partial charge in [-0.3, -0.25) is 4.90 Å². The number of hydrogen-bond acceptors (Lipinski definition) is 5. The van der Waals surface area contributed by atoms with Crippen LogP contribution in [0.1, 0.15) is 11.6 Å². The maximum atomic E-state index is 5.60. The molecule has 1 heterocycles. The highest BCUT2D eigenvalue weighted by molar-refractivity contribution is 5.85. The smallest absolute Gasteiger partial charge is 0.123 e. The van der Waals surface area contributed by atoms with Crippen molar-refractivity contribution in [2.45, 2.75) is 6.04 Å². The van der Waals surface area contributed by atoms with Crippen LogP contribution < -0.4 is 10.1 Å². The Hall–Kier alpha value is -0.850. The maximum Gasteiger partial charge on any atom is 0.123 e. The van der Waals surface area contributed by atoms with Crippen LogP contribution in [0.4, 0.5) is 0 Å². The van der Waals surface area contributed by atoms with Gasteiger partial charge in [0.25, 0.3) is 0 Å². The Balaban J connectivity index is 0.00000242. The van der Waals surface area contributed by atoms with E-state index in [1.807, 2.05) is 12.1 Å². The van der Waals surface area contributed by atoms with Crippen LogP contribution in [-0.4, -0.2) is 65.1 Å². The minimum atomic E-state index is 0. The molecular formula is C16H27ClN2O3. The molecule has 1 unspecified atom stereocenters. The van der Waals surface area contributed by atoms with Gasteiger partial charge in [-0.15, -0.1) is 12.4 Å². The Labute approximate surface area is 139 Å². The first-order valence-corrected chi connectivity index (χ1v) is 7.51. The standard InChI is InChI=1S/C16H26N2O3.ClH/c1-19-11-12-21-10-9-18-8-7-17-13-15(18)14-5-3-4-6-16(14)20-2;/h3-6,15,17H,7-13H2,1-2H3;1H. The number of ether oxygens (including phenoxy) is 3. The number of piperazine rings is 1. The third kappa shape index (κ3) is 5.41. The predicted molar refractivity (Wildman–Crippen MR) is 90.1 cm³/mol. The third-order valence-corrected chi connectivity index (χ3v) is 3.81. The summed E-state index contributed by atoms with van der Waals surface area (Å²) in [5, 5.41) is 3.47. The summed E-state index contributed by atoms with van der Waals surface area (Å²) in [6, 6.07) is 8.59. The van der Waals surface area contributed by atoms with Crippen molar-refractivity contribution in [2.75, 3.05) is 60.2 Å². The van der Waals surface area contributed by atoms with Gasteiger partial charge in [0.05, 0.1) is 33.0 Å². The van der Waals surface area contributed by atoms with E-state index in [1.54, 1.807) is 14.2 Å². The summed E-state index contributed by atoms with van der Waals surface area (Å²) >= 11 is 0. The Kier molecular flexibility index (Phi) is 9.43. The molecule has 5 nitrogen and oxygen atoms in total. The molecule has 0 spiro atoms. The topological polar surface area (TPSA) is 43.0 Å². The van der Waals surface area contributed by atoms with Crippen LogP contribution in [0.3, 0.4) is 0 Å². The van der Waals surface area contributed by atoms with E-state index in [1.165, 1.54) is 5.56 Å². The number of benzene rings is 1. The first kappa shape index (κ1) is 19.2. The van der Waals surface area contributed by atoms with E-state index in [9.17, 15) is 0 Å². The molecule has 22 heavy (non-hydrogen) atoms. The Morgan fingerprint density at radius 2 is 2.00 bits per heavy atom. The second-order valence-electron chi connectivity index (χ2n) is 5.10. The number of methoxy groups -OCH3 is 2. The minimum Gasteiger partial charge on any atom is -0.496 e. The van der Waals surface area contributed by atoms with Crippen LogP contribution in [0.25, 0.3) is 0 Å². The second kappa shape index (κ2) is 10.8. The van der Waals surface area contributed by atoms with E-state index < -0.39 is 0 Å². The first-order chi connectivity index (χ1) is 10.4. The summed E-state index contributed by atoms with van der Waals surface area (Å²) in [5.74, 6) is 0.955. The molecule has 1 aromatic rings. The Bertz CT molecular complexity index is 420. The van der Waals surface area contributed by atoms with E-state index in [0.717, 1.165) is 38.5 Å². The molecule has 1 aromatic carbocycles. The van der Waals surface area contributed by atoms with Crippen LogP contribution in [0.2, 0.25) is 0 Å². The van der Waals surface area contributed by atoms with Gasteiger partial charge in [-0.05, 0) is 6.07 Å². The number of halogens is 1. The molecule has 1 fully saturated rings. The van der Waals surface area contributed by atoms with Gasteiger partial charge in [-0.2, -0.15) is 0 Å². The van der Waals surface area contributed by atoms with Crippen LogP contribution in [0, 0.1) is 0 Å². The number of rotatable bonds is 8. The molecule has 0 amide bonds. The summed E-state index contributed by atoms with van der Waals surface area (Å²) < 4.78 is 16.1. The Morgan fingerprint density at radius 3 is 2.77 bits per heavy atom. The van der Waals surface area contributed by atoms with E-state index in [4.69, 9.17) is 14.2 Å². The molecule has 0 aromatic heterocycles. The Morgan fingerprint density at radius 1 is 1.18 bits per heavy atom. The van der Waals surface area contributed by atoms with E-state index in [0.29, 0.717) is 19.3 Å². The average molecular weight is 331 g/mol. The third-order valence-electron chi connectivity index (χ3n) is 3.81. The molecule has 1 aliphatic heterocycles. The molecule has 126 valence electrons. The van der Waals surface area contributed by atoms with Crippen molar-refractivity contribution in [1.29, 1.82) is 0 Å². The molecular weight excluding hydrogens is 304 g/mol. The van der Waals surface area contributed by atoms with Gasteiger partial charge in [-0.1, -0.05) is 18.2 Å². The minimum absolute atomic E-state index is 0. The zero-order valence-electron chi connectivity index (χ0n) is 13.4. The highest BCUT2D eigenvalue weighted by atomic mass is 35.5. The largest absolute Gasteiger partial charge is 0.496 e. The molecule has 1 aliphatic rings. The van der Waals surface area contributed by atoms with Gasteiger partial charge in [0, 0.05) is 38.9 Å². The lowest BCUT2D eigenvalue weighted by molar-refractivity contribution is 0.0445.